The van der Waals surface area contributed by atoms with Crippen LogP contribution in [-0.2, 0) is 0 Å². The Morgan fingerprint density at radius 1 is 1.53 bits per heavy atom. The number of hydrogen-bond acceptors (Lipinski definition) is 4. The Kier molecular flexibility index (Phi) is 2.64. The fraction of sp³-hybridized carbons (Fsp3) is 0.300. The van der Waals surface area contributed by atoms with Crippen molar-refractivity contribution >= 4 is 17.6 Å². The van der Waals surface area contributed by atoms with Gasteiger partial charge in [0.05, 0.1) is 6.20 Å². The van der Waals surface area contributed by atoms with Crippen molar-refractivity contribution in [3.8, 4) is 10.6 Å². The zero-order chi connectivity index (χ0) is 10.8. The van der Waals surface area contributed by atoms with E-state index in [1.807, 2.05) is 10.9 Å². The topological polar surface area (TPSA) is 47.8 Å². The van der Waals surface area contributed by atoms with Gasteiger partial charge in [0.25, 0.3) is 0 Å². The number of aldehydes is 1. The van der Waals surface area contributed by atoms with Gasteiger partial charge in [0.2, 0.25) is 0 Å². The number of aromatic nitrogens is 3. The van der Waals surface area contributed by atoms with Crippen LogP contribution in [0.25, 0.3) is 10.6 Å². The predicted octanol–water partition coefficient (Wildman–Crippen LogP) is 2.40. The second kappa shape index (κ2) is 3.94. The van der Waals surface area contributed by atoms with E-state index in [9.17, 15) is 4.79 Å². The average Bonchev–Trinajstić information content (AvgIpc) is 2.86. The second-order valence-corrected chi connectivity index (χ2v) is 4.36. The number of nitrogens with zero attached hydrogens (tertiary/aromatic N) is 3. The Morgan fingerprint density at radius 3 is 2.87 bits per heavy atom. The van der Waals surface area contributed by atoms with E-state index in [0.717, 1.165) is 16.9 Å². The Balaban J connectivity index is 2.32. The molecular weight excluding hydrogens is 210 g/mol. The summed E-state index contributed by atoms with van der Waals surface area (Å²) in [7, 11) is 0. The molecule has 0 atom stereocenters. The van der Waals surface area contributed by atoms with E-state index in [4.69, 9.17) is 0 Å². The van der Waals surface area contributed by atoms with Gasteiger partial charge in [-0.15, -0.1) is 11.3 Å². The van der Waals surface area contributed by atoms with Crippen molar-refractivity contribution < 1.29 is 4.79 Å². The summed E-state index contributed by atoms with van der Waals surface area (Å²) in [5.74, 6) is 0. The van der Waals surface area contributed by atoms with Gasteiger partial charge in [-0.25, -0.2) is 4.98 Å². The van der Waals surface area contributed by atoms with Crippen molar-refractivity contribution in [1.82, 2.24) is 14.8 Å². The maximum absolute atomic E-state index is 10.5. The molecule has 5 heteroatoms. The van der Waals surface area contributed by atoms with Gasteiger partial charge in [0.15, 0.2) is 6.29 Å². The standard InChI is InChI=1S/C10H11N3OS/c1-7(2)13-4-8(3-11-13)10-12-9(5-14)6-15-10/h3-7H,1-2H3. The molecule has 4 nitrogen and oxygen atoms in total. The lowest BCUT2D eigenvalue weighted by molar-refractivity contribution is 0.111. The van der Waals surface area contributed by atoms with Crippen molar-refractivity contribution in [2.24, 2.45) is 0 Å². The summed E-state index contributed by atoms with van der Waals surface area (Å²) in [4.78, 5) is 14.7. The predicted molar refractivity (Wildman–Crippen MR) is 59.1 cm³/mol. The zero-order valence-corrected chi connectivity index (χ0v) is 9.36. The second-order valence-electron chi connectivity index (χ2n) is 3.50. The van der Waals surface area contributed by atoms with E-state index < -0.39 is 0 Å². The van der Waals surface area contributed by atoms with Gasteiger partial charge in [-0.3, -0.25) is 9.48 Å². The summed E-state index contributed by atoms with van der Waals surface area (Å²) in [6, 6.07) is 0.337. The zero-order valence-electron chi connectivity index (χ0n) is 8.54. The molecule has 15 heavy (non-hydrogen) atoms. The third kappa shape index (κ3) is 1.97. The Labute approximate surface area is 91.6 Å². The quantitative estimate of drug-likeness (QED) is 0.748. The maximum Gasteiger partial charge on any atom is 0.169 e. The highest BCUT2D eigenvalue weighted by atomic mass is 32.1. The van der Waals surface area contributed by atoms with E-state index in [-0.39, 0.29) is 0 Å². The fourth-order valence-electron chi connectivity index (χ4n) is 1.20. The van der Waals surface area contributed by atoms with Crippen molar-refractivity contribution in [3.63, 3.8) is 0 Å². The molecule has 2 rings (SSSR count). The Morgan fingerprint density at radius 2 is 2.33 bits per heavy atom. The van der Waals surface area contributed by atoms with Gasteiger partial charge < -0.3 is 0 Å². The molecule has 0 saturated heterocycles. The first kappa shape index (κ1) is 10.0. The molecule has 0 N–H and O–H groups in total. The molecule has 0 saturated carbocycles. The van der Waals surface area contributed by atoms with E-state index >= 15 is 0 Å². The molecule has 0 radical (unpaired) electrons. The smallest absolute Gasteiger partial charge is 0.169 e. The van der Waals surface area contributed by atoms with Crippen LogP contribution in [-0.4, -0.2) is 21.1 Å². The summed E-state index contributed by atoms with van der Waals surface area (Å²) in [6.07, 6.45) is 4.47. The van der Waals surface area contributed by atoms with Crippen molar-refractivity contribution in [2.45, 2.75) is 19.9 Å². The minimum Gasteiger partial charge on any atom is -0.296 e. The van der Waals surface area contributed by atoms with E-state index in [2.05, 4.69) is 23.9 Å². The van der Waals surface area contributed by atoms with Crippen molar-refractivity contribution in [2.75, 3.05) is 0 Å². The Hall–Kier alpha value is -1.49. The highest BCUT2D eigenvalue weighted by Crippen LogP contribution is 2.23. The van der Waals surface area contributed by atoms with E-state index in [1.165, 1.54) is 11.3 Å². The van der Waals surface area contributed by atoms with Gasteiger partial charge in [-0.05, 0) is 13.8 Å². The summed E-state index contributed by atoms with van der Waals surface area (Å²) < 4.78 is 1.87. The lowest BCUT2D eigenvalue weighted by atomic mass is 10.3. The van der Waals surface area contributed by atoms with Crippen LogP contribution in [0.5, 0.6) is 0 Å². The largest absolute Gasteiger partial charge is 0.296 e. The van der Waals surface area contributed by atoms with Crippen LogP contribution in [0, 0.1) is 0 Å². The molecule has 0 amide bonds. The first-order chi connectivity index (χ1) is 7.20. The van der Waals surface area contributed by atoms with Crippen LogP contribution in [0.4, 0.5) is 0 Å². The molecule has 78 valence electrons. The van der Waals surface area contributed by atoms with Crippen molar-refractivity contribution in [3.05, 3.63) is 23.5 Å². The summed E-state index contributed by atoms with van der Waals surface area (Å²) in [6.45, 7) is 4.13. The lowest BCUT2D eigenvalue weighted by Crippen LogP contribution is -1.99. The minimum atomic E-state index is 0.337. The first-order valence-corrected chi connectivity index (χ1v) is 5.54. The van der Waals surface area contributed by atoms with Crippen LogP contribution in [0.1, 0.15) is 30.4 Å². The SMILES string of the molecule is CC(C)n1cc(-c2nc(C=O)cs2)cn1. The number of carbonyl (C=O) groups excluding carboxylic acids is 1. The van der Waals surface area contributed by atoms with Crippen LogP contribution in [0.15, 0.2) is 17.8 Å². The van der Waals surface area contributed by atoms with Gasteiger partial charge in [0, 0.05) is 23.2 Å². The number of rotatable bonds is 3. The van der Waals surface area contributed by atoms with Gasteiger partial charge >= 0.3 is 0 Å². The van der Waals surface area contributed by atoms with Crippen LogP contribution in [0.3, 0.4) is 0 Å². The molecule has 0 bridgehead atoms. The number of thiazole rings is 1. The van der Waals surface area contributed by atoms with Crippen LogP contribution in [0.2, 0.25) is 0 Å². The lowest BCUT2D eigenvalue weighted by Gasteiger charge is -2.02. The molecule has 0 aliphatic carbocycles. The normalized spacial score (nSPS) is 10.9. The number of hydrogen-bond donors (Lipinski definition) is 0. The molecule has 0 aromatic carbocycles. The van der Waals surface area contributed by atoms with Crippen LogP contribution < -0.4 is 0 Å². The Bertz CT molecular complexity index is 472. The van der Waals surface area contributed by atoms with E-state index in [0.29, 0.717) is 11.7 Å². The molecule has 0 fully saturated rings. The number of carbonyl (C=O) groups is 1. The molecular formula is C10H11N3OS. The summed E-state index contributed by atoms with van der Waals surface area (Å²) >= 11 is 1.46. The molecule has 2 aromatic rings. The molecule has 0 spiro atoms. The van der Waals surface area contributed by atoms with Crippen molar-refractivity contribution in [1.29, 1.82) is 0 Å². The minimum absolute atomic E-state index is 0.337. The highest BCUT2D eigenvalue weighted by Gasteiger charge is 2.07. The molecule has 2 heterocycles. The van der Waals surface area contributed by atoms with Crippen LogP contribution >= 0.6 is 11.3 Å². The third-order valence-electron chi connectivity index (χ3n) is 2.02. The highest BCUT2D eigenvalue weighted by molar-refractivity contribution is 7.13. The summed E-state index contributed by atoms with van der Waals surface area (Å²) in [5.41, 5.74) is 1.44. The van der Waals surface area contributed by atoms with Gasteiger partial charge in [-0.2, -0.15) is 5.10 Å². The molecule has 0 aliphatic rings. The maximum atomic E-state index is 10.5. The van der Waals surface area contributed by atoms with Gasteiger partial charge in [-0.1, -0.05) is 0 Å². The average molecular weight is 221 g/mol. The monoisotopic (exact) mass is 221 g/mol. The summed E-state index contributed by atoms with van der Waals surface area (Å²) in [5, 5.41) is 6.80. The van der Waals surface area contributed by atoms with E-state index in [1.54, 1.807) is 11.6 Å². The fourth-order valence-corrected chi connectivity index (χ4v) is 1.94. The molecule has 0 aliphatic heterocycles. The third-order valence-corrected chi connectivity index (χ3v) is 2.93. The van der Waals surface area contributed by atoms with Gasteiger partial charge in [0.1, 0.15) is 10.7 Å². The molecule has 0 unspecified atom stereocenters. The molecule has 2 aromatic heterocycles. The first-order valence-electron chi connectivity index (χ1n) is 4.66.